The number of rotatable bonds is 6. The number of fused-ring (bicyclic) bond motifs is 1. The van der Waals surface area contributed by atoms with Crippen LogP contribution in [-0.2, 0) is 4.79 Å². The highest BCUT2D eigenvalue weighted by atomic mass is 16.6. The lowest BCUT2D eigenvalue weighted by Crippen LogP contribution is -2.20. The van der Waals surface area contributed by atoms with E-state index < -0.39 is 10.8 Å². The summed E-state index contributed by atoms with van der Waals surface area (Å²) in [5.41, 5.74) is 1.15. The summed E-state index contributed by atoms with van der Waals surface area (Å²) >= 11 is 0. The molecule has 3 aromatic rings. The first kappa shape index (κ1) is 20.6. The average molecular weight is 421 g/mol. The van der Waals surface area contributed by atoms with Gasteiger partial charge in [-0.05, 0) is 43.0 Å². The van der Waals surface area contributed by atoms with Gasteiger partial charge in [-0.1, -0.05) is 31.4 Å². The minimum absolute atomic E-state index is 0.00320. The van der Waals surface area contributed by atoms with E-state index in [0.29, 0.717) is 34.7 Å². The first-order valence-electron chi connectivity index (χ1n) is 10.4. The van der Waals surface area contributed by atoms with Gasteiger partial charge >= 0.3 is 0 Å². The molecule has 2 N–H and O–H groups in total. The van der Waals surface area contributed by atoms with Gasteiger partial charge in [0.25, 0.3) is 11.6 Å². The minimum atomic E-state index is -0.544. The molecule has 1 fully saturated rings. The number of carbonyl (C=O) groups excluding carboxylic acids is 2. The van der Waals surface area contributed by atoms with Crippen LogP contribution in [0.5, 0.6) is 0 Å². The Morgan fingerprint density at radius 2 is 1.71 bits per heavy atom. The van der Waals surface area contributed by atoms with Crippen LogP contribution in [0.15, 0.2) is 52.9 Å². The highest BCUT2D eigenvalue weighted by Gasteiger charge is 2.24. The second-order valence-electron chi connectivity index (χ2n) is 7.82. The summed E-state index contributed by atoms with van der Waals surface area (Å²) in [7, 11) is 0. The third-order valence-electron chi connectivity index (χ3n) is 5.60. The number of para-hydroxylation sites is 1. The lowest BCUT2D eigenvalue weighted by atomic mass is 9.87. The SMILES string of the molecule is O=C(CC1CCCCC1)Nc1c(C(=O)Nc2ccc([N+](=O)[O-])cc2)oc2ccccc12. The molecule has 1 saturated carbocycles. The van der Waals surface area contributed by atoms with Crippen LogP contribution in [0.1, 0.15) is 49.1 Å². The Labute approximate surface area is 178 Å². The first-order valence-corrected chi connectivity index (χ1v) is 10.4. The molecule has 0 radical (unpaired) electrons. The molecule has 1 heterocycles. The van der Waals surface area contributed by atoms with E-state index in [0.717, 1.165) is 25.7 Å². The molecule has 1 aromatic heterocycles. The molecule has 8 heteroatoms. The van der Waals surface area contributed by atoms with Crippen molar-refractivity contribution in [2.24, 2.45) is 5.92 Å². The summed E-state index contributed by atoms with van der Waals surface area (Å²) in [6.07, 6.45) is 6.03. The van der Waals surface area contributed by atoms with E-state index >= 15 is 0 Å². The summed E-state index contributed by atoms with van der Waals surface area (Å²) in [5, 5.41) is 17.0. The van der Waals surface area contributed by atoms with Crippen LogP contribution in [0.2, 0.25) is 0 Å². The zero-order valence-electron chi connectivity index (χ0n) is 16.9. The number of benzene rings is 2. The second kappa shape index (κ2) is 8.99. The summed E-state index contributed by atoms with van der Waals surface area (Å²) in [5.74, 6) is -0.318. The van der Waals surface area contributed by atoms with Crippen molar-refractivity contribution < 1.29 is 18.9 Å². The number of nitro benzene ring substituents is 1. The third-order valence-corrected chi connectivity index (χ3v) is 5.60. The molecule has 0 saturated heterocycles. The molecule has 2 aromatic carbocycles. The Morgan fingerprint density at radius 1 is 1.00 bits per heavy atom. The molecule has 0 aliphatic heterocycles. The van der Waals surface area contributed by atoms with E-state index in [4.69, 9.17) is 4.42 Å². The number of non-ortho nitro benzene ring substituents is 1. The number of anilines is 2. The normalized spacial score (nSPS) is 14.3. The fraction of sp³-hybridized carbons (Fsp3) is 0.304. The first-order chi connectivity index (χ1) is 15.0. The van der Waals surface area contributed by atoms with Crippen molar-refractivity contribution in [3.05, 3.63) is 64.4 Å². The van der Waals surface area contributed by atoms with Crippen molar-refractivity contribution in [1.29, 1.82) is 0 Å². The lowest BCUT2D eigenvalue weighted by Gasteiger charge is -2.20. The van der Waals surface area contributed by atoms with Crippen LogP contribution >= 0.6 is 0 Å². The number of carbonyl (C=O) groups is 2. The maximum absolute atomic E-state index is 12.9. The molecule has 4 rings (SSSR count). The summed E-state index contributed by atoms with van der Waals surface area (Å²) < 4.78 is 5.75. The van der Waals surface area contributed by atoms with E-state index in [1.807, 2.05) is 6.07 Å². The largest absolute Gasteiger partial charge is 0.449 e. The molecule has 0 unspecified atom stereocenters. The Hall–Kier alpha value is -3.68. The highest BCUT2D eigenvalue weighted by molar-refractivity contribution is 6.14. The average Bonchev–Trinajstić information content (AvgIpc) is 3.13. The Balaban J connectivity index is 1.55. The number of amides is 2. The van der Waals surface area contributed by atoms with Gasteiger partial charge in [0, 0.05) is 29.6 Å². The van der Waals surface area contributed by atoms with E-state index in [1.165, 1.54) is 30.7 Å². The van der Waals surface area contributed by atoms with Crippen molar-refractivity contribution in [3.8, 4) is 0 Å². The zero-order valence-corrected chi connectivity index (χ0v) is 16.9. The Bertz CT molecular complexity index is 1110. The van der Waals surface area contributed by atoms with Crippen LogP contribution in [-0.4, -0.2) is 16.7 Å². The van der Waals surface area contributed by atoms with Gasteiger partial charge in [-0.15, -0.1) is 0 Å². The summed E-state index contributed by atoms with van der Waals surface area (Å²) in [4.78, 5) is 35.9. The van der Waals surface area contributed by atoms with Crippen molar-refractivity contribution in [2.45, 2.75) is 38.5 Å². The van der Waals surface area contributed by atoms with E-state index in [1.54, 1.807) is 18.2 Å². The maximum atomic E-state index is 12.9. The Kier molecular flexibility index (Phi) is 5.97. The molecule has 160 valence electrons. The topological polar surface area (TPSA) is 114 Å². The molecule has 0 spiro atoms. The standard InChI is InChI=1S/C23H23N3O5/c27-20(14-15-6-2-1-3-7-15)25-21-18-8-4-5-9-19(18)31-22(21)23(28)24-16-10-12-17(13-11-16)26(29)30/h4-5,8-13,15H,1-3,6-7,14H2,(H,24,28)(H,25,27). The zero-order chi connectivity index (χ0) is 21.8. The maximum Gasteiger partial charge on any atom is 0.293 e. The van der Waals surface area contributed by atoms with Gasteiger partial charge in [0.05, 0.1) is 4.92 Å². The predicted molar refractivity (Wildman–Crippen MR) is 117 cm³/mol. The number of nitrogens with one attached hydrogen (secondary N) is 2. The molecule has 0 bridgehead atoms. The smallest absolute Gasteiger partial charge is 0.293 e. The van der Waals surface area contributed by atoms with E-state index in [2.05, 4.69) is 10.6 Å². The van der Waals surface area contributed by atoms with Gasteiger partial charge in [0.1, 0.15) is 11.3 Å². The molecule has 0 atom stereocenters. The van der Waals surface area contributed by atoms with Gasteiger partial charge in [0.15, 0.2) is 0 Å². The van der Waals surface area contributed by atoms with E-state index in [-0.39, 0.29) is 17.4 Å². The van der Waals surface area contributed by atoms with Crippen LogP contribution < -0.4 is 10.6 Å². The van der Waals surface area contributed by atoms with Crippen molar-refractivity contribution >= 4 is 39.8 Å². The highest BCUT2D eigenvalue weighted by Crippen LogP contribution is 2.33. The van der Waals surface area contributed by atoms with Crippen molar-refractivity contribution in [3.63, 3.8) is 0 Å². The summed E-state index contributed by atoms with van der Waals surface area (Å²) in [6, 6.07) is 12.6. The summed E-state index contributed by atoms with van der Waals surface area (Å²) in [6.45, 7) is 0. The van der Waals surface area contributed by atoms with Gasteiger partial charge < -0.3 is 15.1 Å². The molecular weight excluding hydrogens is 398 g/mol. The van der Waals surface area contributed by atoms with Crippen LogP contribution in [0.3, 0.4) is 0 Å². The van der Waals surface area contributed by atoms with E-state index in [9.17, 15) is 19.7 Å². The second-order valence-corrected chi connectivity index (χ2v) is 7.82. The van der Waals surface area contributed by atoms with Crippen LogP contribution in [0, 0.1) is 16.0 Å². The lowest BCUT2D eigenvalue weighted by molar-refractivity contribution is -0.384. The van der Waals surface area contributed by atoms with Gasteiger partial charge in [-0.2, -0.15) is 0 Å². The predicted octanol–water partition coefficient (Wildman–Crippen LogP) is 5.50. The number of hydrogen-bond donors (Lipinski definition) is 2. The molecular formula is C23H23N3O5. The monoisotopic (exact) mass is 421 g/mol. The Morgan fingerprint density at radius 3 is 2.42 bits per heavy atom. The number of hydrogen-bond acceptors (Lipinski definition) is 5. The van der Waals surface area contributed by atoms with Crippen LogP contribution in [0.25, 0.3) is 11.0 Å². The third kappa shape index (κ3) is 4.74. The van der Waals surface area contributed by atoms with Gasteiger partial charge in [-0.3, -0.25) is 19.7 Å². The molecule has 8 nitrogen and oxygen atoms in total. The minimum Gasteiger partial charge on any atom is -0.449 e. The molecule has 31 heavy (non-hydrogen) atoms. The quantitative estimate of drug-likeness (QED) is 0.403. The molecule has 1 aliphatic rings. The molecule has 2 amide bonds. The van der Waals surface area contributed by atoms with Crippen molar-refractivity contribution in [2.75, 3.05) is 10.6 Å². The van der Waals surface area contributed by atoms with Gasteiger partial charge in [0.2, 0.25) is 11.7 Å². The fourth-order valence-electron chi connectivity index (χ4n) is 4.03. The number of furan rings is 1. The fourth-order valence-corrected chi connectivity index (χ4v) is 4.03. The van der Waals surface area contributed by atoms with Gasteiger partial charge in [-0.25, -0.2) is 0 Å². The molecule has 1 aliphatic carbocycles. The van der Waals surface area contributed by atoms with Crippen molar-refractivity contribution in [1.82, 2.24) is 0 Å². The number of nitrogens with zero attached hydrogens (tertiary/aromatic N) is 1. The number of nitro groups is 1. The van der Waals surface area contributed by atoms with Crippen LogP contribution in [0.4, 0.5) is 17.1 Å².